The summed E-state index contributed by atoms with van der Waals surface area (Å²) in [6.45, 7) is 0. The Morgan fingerprint density at radius 3 is 0.667 bits per heavy atom. The van der Waals surface area contributed by atoms with Gasteiger partial charge in [0, 0.05) is 21.1 Å². The van der Waals surface area contributed by atoms with E-state index in [1.54, 1.807) is 24.3 Å². The molecule has 5 heterocycles. The smallest absolute Gasteiger partial charge is 0.115 e. The van der Waals surface area contributed by atoms with Crippen molar-refractivity contribution in [2.75, 3.05) is 0 Å². The van der Waals surface area contributed by atoms with E-state index >= 15 is 0 Å². The third kappa shape index (κ3) is 6.72. The third-order valence-corrected chi connectivity index (χ3v) is 14.6. The zero-order valence-corrected chi connectivity index (χ0v) is 31.0. The topological polar surface area (TPSA) is 116 Å². The van der Waals surface area contributed by atoms with Crippen LogP contribution in [0.3, 0.4) is 0 Å². The van der Waals surface area contributed by atoms with Crippen LogP contribution in [0.2, 0.25) is 0 Å². The van der Waals surface area contributed by atoms with Crippen LogP contribution >= 0.6 is 0 Å². The van der Waals surface area contributed by atoms with Crippen molar-refractivity contribution in [2.24, 2.45) is 47.3 Å². The number of para-hydroxylation sites is 1. The van der Waals surface area contributed by atoms with Crippen molar-refractivity contribution in [2.45, 2.75) is 152 Å². The monoisotopic (exact) mass is 841 g/mol. The molecule has 4 saturated carbocycles. The molecule has 1 aromatic rings. The predicted octanol–water partition coefficient (Wildman–Crippen LogP) is 4.00. The summed E-state index contributed by atoms with van der Waals surface area (Å²) in [4.78, 5) is 0. The first-order valence-corrected chi connectivity index (χ1v) is 20.0. The summed E-state index contributed by atoms with van der Waals surface area (Å²) in [6.07, 6.45) is 25.6. The van der Waals surface area contributed by atoms with Crippen molar-refractivity contribution in [3.05, 3.63) is 30.3 Å². The first-order valence-electron chi connectivity index (χ1n) is 20.0. The first kappa shape index (κ1) is 34.5. The number of phenolic OH excluding ortho intramolecular Hbond substituents is 1. The summed E-state index contributed by atoms with van der Waals surface area (Å²) in [5.74, 6) is 6.29. The summed E-state index contributed by atoms with van der Waals surface area (Å²) in [5.41, 5.74) is 0. The number of fused-ring (bicyclic) bond motifs is 20. The molecule has 10 rings (SSSR count). The van der Waals surface area contributed by atoms with Crippen molar-refractivity contribution < 1.29 is 26.2 Å². The van der Waals surface area contributed by atoms with Crippen LogP contribution in [0.25, 0.3) is 0 Å². The number of phenols is 1. The Morgan fingerprint density at radius 1 is 0.333 bits per heavy atom. The van der Waals surface area contributed by atoms with E-state index in [9.17, 15) is 0 Å². The van der Waals surface area contributed by atoms with Crippen molar-refractivity contribution in [1.29, 1.82) is 0 Å². The van der Waals surface area contributed by atoms with Gasteiger partial charge in [-0.25, -0.2) is 0 Å². The van der Waals surface area contributed by atoms with Crippen molar-refractivity contribution >= 4 is 0 Å². The molecular weight excluding hydrogens is 780 g/mol. The zero-order chi connectivity index (χ0) is 31.3. The van der Waals surface area contributed by atoms with E-state index in [4.69, 9.17) is 5.11 Å². The Balaban J connectivity index is 0.000000377. The number of hydrogen-bond donors (Lipinski definition) is 9. The minimum absolute atomic E-state index is 0. The molecule has 0 amide bonds. The molecule has 8 atom stereocenters. The van der Waals surface area contributed by atoms with Gasteiger partial charge in [-0.05, 0) is 111 Å². The summed E-state index contributed by atoms with van der Waals surface area (Å²) < 4.78 is 0. The van der Waals surface area contributed by atoms with Gasteiger partial charge in [0.1, 0.15) is 5.75 Å². The maximum Gasteiger partial charge on any atom is 0.115 e. The van der Waals surface area contributed by atoms with Gasteiger partial charge in [-0.3, -0.25) is 42.5 Å². The minimum Gasteiger partial charge on any atom is -0.508 e. The van der Waals surface area contributed by atoms with Crippen LogP contribution in [0.15, 0.2) is 30.3 Å². The number of nitrogens with one attached hydrogen (secondary N) is 8. The van der Waals surface area contributed by atoms with Gasteiger partial charge in [-0.15, -0.1) is 0 Å². The fourth-order valence-electron chi connectivity index (χ4n) is 12.4. The van der Waals surface area contributed by atoms with Gasteiger partial charge in [-0.2, -0.15) is 0 Å². The van der Waals surface area contributed by atoms with Gasteiger partial charge in [0.25, 0.3) is 0 Å². The fraction of sp³-hybridized carbons (Fsp3) is 0.842. The Bertz CT molecular complexity index is 988. The van der Waals surface area contributed by atoms with E-state index < -0.39 is 0 Å². The third-order valence-electron chi connectivity index (χ3n) is 14.6. The Hall–Kier alpha value is -0.612. The standard InChI is InChI=1S/C32H56N8.C6H6O.Pt/c1-2-10-18-17(9-1)25-33-26(18)38-28-21-13-5-6-14-22(21)30(35-28)40-32-24-16-8-7-15-23(24)31(36-32)39-29-20-12-4-3-11-19(20)27(34-29)37-25;7-6-4-2-1-3-5-6;/h17-40H,1-16H2;1-5,7H;. The second-order valence-electron chi connectivity index (χ2n) is 16.9. The molecule has 0 spiro atoms. The van der Waals surface area contributed by atoms with Crippen molar-refractivity contribution in [3.63, 3.8) is 0 Å². The van der Waals surface area contributed by atoms with E-state index in [2.05, 4.69) is 42.5 Å². The van der Waals surface area contributed by atoms with Crippen LogP contribution in [-0.2, 0) is 21.1 Å². The fourth-order valence-corrected chi connectivity index (χ4v) is 12.4. The molecule has 8 unspecified atom stereocenters. The van der Waals surface area contributed by atoms with Crippen LogP contribution < -0.4 is 42.5 Å². The summed E-state index contributed by atoms with van der Waals surface area (Å²) in [5, 5.41) is 42.4. The Labute approximate surface area is 303 Å². The molecule has 0 radical (unpaired) electrons. The predicted molar refractivity (Wildman–Crippen MR) is 185 cm³/mol. The summed E-state index contributed by atoms with van der Waals surface area (Å²) >= 11 is 0. The molecule has 5 aliphatic heterocycles. The Kier molecular flexibility index (Phi) is 10.9. The van der Waals surface area contributed by atoms with E-state index in [1.165, 1.54) is 103 Å². The van der Waals surface area contributed by atoms with Crippen LogP contribution in [0.5, 0.6) is 5.75 Å². The summed E-state index contributed by atoms with van der Waals surface area (Å²) in [7, 11) is 0. The average molecular weight is 842 g/mol. The molecular formula is C38H62N8OPt. The quantitative estimate of drug-likeness (QED) is 0.192. The van der Waals surface area contributed by atoms with Crippen LogP contribution in [-0.4, -0.2) is 54.4 Å². The summed E-state index contributed by atoms with van der Waals surface area (Å²) in [6, 6.07) is 8.71. The number of aromatic hydroxyl groups is 1. The maximum absolute atomic E-state index is 8.63. The molecule has 8 bridgehead atoms. The van der Waals surface area contributed by atoms with Crippen LogP contribution in [0.1, 0.15) is 103 Å². The Morgan fingerprint density at radius 2 is 0.521 bits per heavy atom. The van der Waals surface area contributed by atoms with E-state index in [-0.39, 0.29) is 21.1 Å². The minimum atomic E-state index is 0. The molecule has 4 aliphatic carbocycles. The SMILES string of the molecule is C1CCC2C3NC(NC4NC(NC5NC(NC6NC(N3)C3CCCCC63)C3CCCCC53)C3CCCCC43)C2C1.Oc1ccccc1.[Pt]. The van der Waals surface area contributed by atoms with E-state index in [0.717, 1.165) is 47.3 Å². The molecule has 0 aromatic heterocycles. The average Bonchev–Trinajstić information content (AvgIpc) is 3.85. The molecule has 1 aromatic carbocycles. The first-order chi connectivity index (χ1) is 23.2. The number of rotatable bonds is 0. The van der Waals surface area contributed by atoms with Crippen molar-refractivity contribution in [3.8, 4) is 5.75 Å². The molecule has 9 fully saturated rings. The van der Waals surface area contributed by atoms with Crippen LogP contribution in [0, 0.1) is 47.3 Å². The zero-order valence-electron chi connectivity index (χ0n) is 28.7. The van der Waals surface area contributed by atoms with Crippen molar-refractivity contribution in [1.82, 2.24) is 42.5 Å². The number of benzene rings is 1. The second-order valence-corrected chi connectivity index (χ2v) is 16.9. The van der Waals surface area contributed by atoms with E-state index in [0.29, 0.717) is 55.1 Å². The van der Waals surface area contributed by atoms with Gasteiger partial charge in [-0.1, -0.05) is 69.6 Å². The van der Waals surface area contributed by atoms with Gasteiger partial charge >= 0.3 is 0 Å². The molecule has 270 valence electrons. The van der Waals surface area contributed by atoms with Gasteiger partial charge in [0.15, 0.2) is 0 Å². The normalized spacial score (nSPS) is 49.2. The molecule has 48 heavy (non-hydrogen) atoms. The largest absolute Gasteiger partial charge is 0.508 e. The molecule has 9 aliphatic rings. The molecule has 5 saturated heterocycles. The maximum atomic E-state index is 8.63. The number of hydrogen-bond acceptors (Lipinski definition) is 9. The second kappa shape index (κ2) is 15.2. The van der Waals surface area contributed by atoms with Gasteiger partial charge < -0.3 is 5.11 Å². The molecule has 9 nitrogen and oxygen atoms in total. The molecule has 10 heteroatoms. The van der Waals surface area contributed by atoms with Crippen LogP contribution in [0.4, 0.5) is 0 Å². The van der Waals surface area contributed by atoms with Gasteiger partial charge in [0.05, 0.1) is 49.3 Å². The van der Waals surface area contributed by atoms with E-state index in [1.807, 2.05) is 6.07 Å². The molecule has 9 N–H and O–H groups in total. The van der Waals surface area contributed by atoms with Gasteiger partial charge in [0.2, 0.25) is 0 Å².